The largest absolute Gasteiger partial charge is 0.381 e. The summed E-state index contributed by atoms with van der Waals surface area (Å²) in [6, 6.07) is 9.19. The Balaban J connectivity index is 1.03. The fraction of sp³-hybridized carbons (Fsp3) is 0.600. The van der Waals surface area contributed by atoms with Crippen LogP contribution in [0.5, 0.6) is 0 Å². The summed E-state index contributed by atoms with van der Waals surface area (Å²) in [6.07, 6.45) is 13.2. The van der Waals surface area contributed by atoms with Gasteiger partial charge in [-0.15, -0.1) is 0 Å². The van der Waals surface area contributed by atoms with Crippen molar-refractivity contribution in [1.29, 1.82) is 0 Å². The number of likely N-dealkylation sites (tertiary alicyclic amines) is 1. The molecule has 2 saturated heterocycles. The maximum atomic E-state index is 12.4. The Morgan fingerprint density at radius 3 is 2.55 bits per heavy atom. The van der Waals surface area contributed by atoms with Crippen LogP contribution in [0.25, 0.3) is 5.69 Å². The summed E-state index contributed by atoms with van der Waals surface area (Å²) in [5.74, 6) is 0.767. The van der Waals surface area contributed by atoms with Gasteiger partial charge in [0.25, 0.3) is 0 Å². The van der Waals surface area contributed by atoms with Crippen molar-refractivity contribution >= 4 is 5.91 Å². The third-order valence-electron chi connectivity index (χ3n) is 7.60. The number of carbonyl (C=O) groups excluding carboxylic acids is 1. The van der Waals surface area contributed by atoms with E-state index in [1.807, 2.05) is 17.1 Å². The molecule has 5 rings (SSSR count). The molecule has 3 fully saturated rings. The van der Waals surface area contributed by atoms with E-state index < -0.39 is 0 Å². The third-order valence-corrected chi connectivity index (χ3v) is 7.60. The number of piperidine rings is 1. The molecule has 1 amide bonds. The van der Waals surface area contributed by atoms with Gasteiger partial charge in [-0.1, -0.05) is 12.1 Å². The molecule has 166 valence electrons. The van der Waals surface area contributed by atoms with Crippen LogP contribution in [0.1, 0.15) is 50.5 Å². The molecular weight excluding hydrogens is 388 g/mol. The molecule has 0 bridgehead atoms. The molecule has 1 aromatic heterocycles. The van der Waals surface area contributed by atoms with E-state index in [4.69, 9.17) is 4.74 Å². The van der Waals surface area contributed by atoms with E-state index >= 15 is 0 Å². The van der Waals surface area contributed by atoms with Gasteiger partial charge in [0.2, 0.25) is 5.91 Å². The SMILES string of the molecule is O=C(CC1CCOCC1)NC1CC2(CCN(Cc3ccc(-n4ccnc4)cc3)CC2)C1. The monoisotopic (exact) mass is 422 g/mol. The van der Waals surface area contributed by atoms with Crippen molar-refractivity contribution in [3.05, 3.63) is 48.5 Å². The summed E-state index contributed by atoms with van der Waals surface area (Å²) in [6.45, 7) is 4.97. The van der Waals surface area contributed by atoms with Crippen molar-refractivity contribution in [1.82, 2.24) is 19.8 Å². The molecule has 3 heterocycles. The third kappa shape index (κ3) is 5.01. The summed E-state index contributed by atoms with van der Waals surface area (Å²) in [7, 11) is 0. The molecular formula is C25H34N4O2. The number of carbonyl (C=O) groups is 1. The van der Waals surface area contributed by atoms with E-state index in [1.54, 1.807) is 6.20 Å². The molecule has 0 atom stereocenters. The van der Waals surface area contributed by atoms with Crippen molar-refractivity contribution in [3.63, 3.8) is 0 Å². The molecule has 2 aliphatic heterocycles. The highest BCUT2D eigenvalue weighted by atomic mass is 16.5. The predicted molar refractivity (Wildman–Crippen MR) is 120 cm³/mol. The quantitative estimate of drug-likeness (QED) is 0.773. The van der Waals surface area contributed by atoms with Gasteiger partial charge in [-0.3, -0.25) is 9.69 Å². The van der Waals surface area contributed by atoms with Gasteiger partial charge in [-0.05, 0) is 80.6 Å². The van der Waals surface area contributed by atoms with E-state index in [2.05, 4.69) is 39.5 Å². The van der Waals surface area contributed by atoms with Gasteiger partial charge in [-0.2, -0.15) is 0 Å². The molecule has 0 unspecified atom stereocenters. The van der Waals surface area contributed by atoms with E-state index in [-0.39, 0.29) is 5.91 Å². The minimum atomic E-state index is 0.253. The molecule has 1 aromatic carbocycles. The second-order valence-electron chi connectivity index (χ2n) is 9.85. The molecule has 3 aliphatic rings. The number of nitrogens with one attached hydrogen (secondary N) is 1. The average molecular weight is 423 g/mol. The molecule has 1 saturated carbocycles. The summed E-state index contributed by atoms with van der Waals surface area (Å²) in [5, 5.41) is 3.30. The summed E-state index contributed by atoms with van der Waals surface area (Å²) in [4.78, 5) is 19.1. The first kappa shape index (κ1) is 20.7. The van der Waals surface area contributed by atoms with Crippen LogP contribution in [-0.2, 0) is 16.1 Å². The van der Waals surface area contributed by atoms with Gasteiger partial charge >= 0.3 is 0 Å². The first-order chi connectivity index (χ1) is 15.2. The lowest BCUT2D eigenvalue weighted by Crippen LogP contribution is -2.54. The van der Waals surface area contributed by atoms with Crippen LogP contribution < -0.4 is 5.32 Å². The molecule has 1 spiro atoms. The number of amides is 1. The highest BCUT2D eigenvalue weighted by Crippen LogP contribution is 2.49. The molecule has 31 heavy (non-hydrogen) atoms. The molecule has 6 heteroatoms. The summed E-state index contributed by atoms with van der Waals surface area (Å²) >= 11 is 0. The van der Waals surface area contributed by atoms with Crippen molar-refractivity contribution in [2.24, 2.45) is 11.3 Å². The zero-order valence-electron chi connectivity index (χ0n) is 18.3. The number of aromatic nitrogens is 2. The van der Waals surface area contributed by atoms with Crippen LogP contribution in [0.4, 0.5) is 0 Å². The lowest BCUT2D eigenvalue weighted by atomic mass is 9.60. The number of ether oxygens (including phenoxy) is 1. The van der Waals surface area contributed by atoms with Crippen molar-refractivity contribution in [2.45, 2.75) is 57.5 Å². The van der Waals surface area contributed by atoms with Gasteiger partial charge in [0.05, 0.1) is 6.33 Å². The van der Waals surface area contributed by atoms with Crippen LogP contribution in [0.15, 0.2) is 43.0 Å². The lowest BCUT2D eigenvalue weighted by molar-refractivity contribution is -0.125. The maximum Gasteiger partial charge on any atom is 0.220 e. The van der Waals surface area contributed by atoms with Crippen molar-refractivity contribution in [2.75, 3.05) is 26.3 Å². The number of nitrogens with zero attached hydrogens (tertiary/aromatic N) is 3. The van der Waals surface area contributed by atoms with Crippen LogP contribution in [-0.4, -0.2) is 52.7 Å². The minimum absolute atomic E-state index is 0.253. The number of rotatable bonds is 6. The molecule has 1 N–H and O–H groups in total. The zero-order valence-corrected chi connectivity index (χ0v) is 18.3. The highest BCUT2D eigenvalue weighted by Gasteiger charge is 2.46. The Hall–Kier alpha value is -2.18. The average Bonchev–Trinajstić information content (AvgIpc) is 3.30. The second kappa shape index (κ2) is 9.13. The number of benzene rings is 1. The number of hydrogen-bond donors (Lipinski definition) is 1. The first-order valence-corrected chi connectivity index (χ1v) is 11.8. The Kier molecular flexibility index (Phi) is 6.10. The summed E-state index contributed by atoms with van der Waals surface area (Å²) < 4.78 is 7.43. The highest BCUT2D eigenvalue weighted by molar-refractivity contribution is 5.76. The van der Waals surface area contributed by atoms with Crippen LogP contribution in [0.3, 0.4) is 0 Å². The van der Waals surface area contributed by atoms with Crippen LogP contribution in [0.2, 0.25) is 0 Å². The number of imidazole rings is 1. The predicted octanol–water partition coefficient (Wildman–Crippen LogP) is 3.55. The van der Waals surface area contributed by atoms with E-state index in [9.17, 15) is 4.79 Å². The number of hydrogen-bond acceptors (Lipinski definition) is 4. The van der Waals surface area contributed by atoms with Gasteiger partial charge < -0.3 is 14.6 Å². The maximum absolute atomic E-state index is 12.4. The fourth-order valence-corrected chi connectivity index (χ4v) is 5.62. The molecule has 6 nitrogen and oxygen atoms in total. The Bertz CT molecular complexity index is 842. The van der Waals surface area contributed by atoms with Gasteiger partial charge in [-0.25, -0.2) is 4.98 Å². The van der Waals surface area contributed by atoms with Crippen molar-refractivity contribution < 1.29 is 9.53 Å². The molecule has 0 radical (unpaired) electrons. The molecule has 2 aromatic rings. The van der Waals surface area contributed by atoms with E-state index in [0.717, 1.165) is 51.4 Å². The second-order valence-corrected chi connectivity index (χ2v) is 9.85. The van der Waals surface area contributed by atoms with Gasteiger partial charge in [0.1, 0.15) is 0 Å². The van der Waals surface area contributed by atoms with E-state index in [1.165, 1.54) is 31.2 Å². The van der Waals surface area contributed by atoms with Crippen LogP contribution in [0, 0.1) is 11.3 Å². The van der Waals surface area contributed by atoms with Crippen LogP contribution >= 0.6 is 0 Å². The topological polar surface area (TPSA) is 59.4 Å². The Morgan fingerprint density at radius 2 is 1.87 bits per heavy atom. The van der Waals surface area contributed by atoms with Crippen molar-refractivity contribution in [3.8, 4) is 5.69 Å². The fourth-order valence-electron chi connectivity index (χ4n) is 5.62. The lowest BCUT2D eigenvalue weighted by Gasteiger charge is -2.52. The smallest absolute Gasteiger partial charge is 0.220 e. The van der Waals surface area contributed by atoms with Gasteiger partial charge in [0.15, 0.2) is 0 Å². The standard InChI is InChI=1S/C25H34N4O2/c30-24(15-20-5-13-31-14-6-20)27-22-16-25(17-22)7-10-28(11-8-25)18-21-1-3-23(4-2-21)29-12-9-26-19-29/h1-4,9,12,19-20,22H,5-8,10-11,13-18H2,(H,27,30). The van der Waals surface area contributed by atoms with Gasteiger partial charge in [0, 0.05) is 50.3 Å². The first-order valence-electron chi connectivity index (χ1n) is 11.8. The minimum Gasteiger partial charge on any atom is -0.381 e. The zero-order chi connectivity index (χ0) is 21.1. The Labute approximate surface area is 185 Å². The normalized spacial score (nSPS) is 22.3. The Morgan fingerprint density at radius 1 is 1.13 bits per heavy atom. The van der Waals surface area contributed by atoms with E-state index in [0.29, 0.717) is 23.8 Å². The summed E-state index contributed by atoms with van der Waals surface area (Å²) in [5.41, 5.74) is 2.99. The molecule has 1 aliphatic carbocycles.